The van der Waals surface area contributed by atoms with E-state index < -0.39 is 0 Å². The summed E-state index contributed by atoms with van der Waals surface area (Å²) < 4.78 is 19.5. The van der Waals surface area contributed by atoms with Gasteiger partial charge in [-0.05, 0) is 63.4 Å². The van der Waals surface area contributed by atoms with E-state index in [1.54, 1.807) is 12.1 Å². The molecular formula is C22H36FIN4O. The highest BCUT2D eigenvalue weighted by atomic mass is 127. The Labute approximate surface area is 191 Å². The number of rotatable bonds is 7. The second-order valence-electron chi connectivity index (χ2n) is 7.90. The summed E-state index contributed by atoms with van der Waals surface area (Å²) in [4.78, 5) is 7.46. The number of aliphatic imine (C=N–C) groups is 1. The van der Waals surface area contributed by atoms with E-state index in [2.05, 4.69) is 29.4 Å². The van der Waals surface area contributed by atoms with E-state index in [1.807, 2.05) is 6.07 Å². The molecule has 0 aromatic heterocycles. The summed E-state index contributed by atoms with van der Waals surface area (Å²) in [6.45, 7) is 10.4. The van der Waals surface area contributed by atoms with Crippen molar-refractivity contribution in [2.75, 3.05) is 45.9 Å². The van der Waals surface area contributed by atoms with Crippen LogP contribution in [0, 0.1) is 5.82 Å². The first-order chi connectivity index (χ1) is 13.7. The fourth-order valence-electron chi connectivity index (χ4n) is 4.45. The van der Waals surface area contributed by atoms with Crippen LogP contribution in [0.15, 0.2) is 29.3 Å². The zero-order valence-corrected chi connectivity index (χ0v) is 20.1. The van der Waals surface area contributed by atoms with E-state index in [0.717, 1.165) is 44.0 Å². The van der Waals surface area contributed by atoms with Crippen molar-refractivity contribution in [3.8, 4) is 0 Å². The molecule has 0 saturated carbocycles. The quantitative estimate of drug-likeness (QED) is 0.330. The summed E-state index contributed by atoms with van der Waals surface area (Å²) >= 11 is 0. The highest BCUT2D eigenvalue weighted by Gasteiger charge is 2.35. The Morgan fingerprint density at radius 3 is 2.76 bits per heavy atom. The van der Waals surface area contributed by atoms with Crippen molar-refractivity contribution in [2.24, 2.45) is 4.99 Å². The molecule has 1 unspecified atom stereocenters. The maximum atomic E-state index is 13.9. The van der Waals surface area contributed by atoms with Crippen LogP contribution in [0.3, 0.4) is 0 Å². The summed E-state index contributed by atoms with van der Waals surface area (Å²) in [7, 11) is 0. The first-order valence-electron chi connectivity index (χ1n) is 10.8. The Kier molecular flexibility index (Phi) is 10.1. The molecule has 0 aliphatic carbocycles. The van der Waals surface area contributed by atoms with Crippen molar-refractivity contribution < 1.29 is 9.13 Å². The zero-order chi connectivity index (χ0) is 19.8. The molecule has 0 bridgehead atoms. The van der Waals surface area contributed by atoms with Crippen LogP contribution in [0.5, 0.6) is 0 Å². The van der Waals surface area contributed by atoms with Crippen molar-refractivity contribution in [1.29, 1.82) is 0 Å². The first-order valence-corrected chi connectivity index (χ1v) is 10.8. The minimum Gasteiger partial charge on any atom is -0.381 e. The molecule has 164 valence electrons. The topological polar surface area (TPSA) is 48.9 Å². The molecule has 2 saturated heterocycles. The van der Waals surface area contributed by atoms with Crippen molar-refractivity contribution in [1.82, 2.24) is 15.5 Å². The van der Waals surface area contributed by atoms with Gasteiger partial charge in [-0.3, -0.25) is 9.89 Å². The van der Waals surface area contributed by atoms with Gasteiger partial charge in [-0.1, -0.05) is 19.1 Å². The van der Waals surface area contributed by atoms with Crippen LogP contribution in [0.2, 0.25) is 0 Å². The minimum atomic E-state index is -0.182. The summed E-state index contributed by atoms with van der Waals surface area (Å²) in [5, 5.41) is 6.91. The van der Waals surface area contributed by atoms with Gasteiger partial charge in [0.1, 0.15) is 5.82 Å². The summed E-state index contributed by atoms with van der Waals surface area (Å²) in [6.07, 6.45) is 4.25. The van der Waals surface area contributed by atoms with Gasteiger partial charge >= 0.3 is 0 Å². The maximum Gasteiger partial charge on any atom is 0.191 e. The van der Waals surface area contributed by atoms with E-state index in [9.17, 15) is 4.39 Å². The van der Waals surface area contributed by atoms with Crippen LogP contribution in [0.1, 0.15) is 45.1 Å². The van der Waals surface area contributed by atoms with Crippen molar-refractivity contribution in [3.63, 3.8) is 0 Å². The molecule has 2 aliphatic heterocycles. The second-order valence-corrected chi connectivity index (χ2v) is 7.90. The van der Waals surface area contributed by atoms with E-state index in [4.69, 9.17) is 9.73 Å². The lowest BCUT2D eigenvalue weighted by Gasteiger charge is -2.36. The number of likely N-dealkylation sites (N-methyl/N-ethyl adjacent to an activating group) is 1. The van der Waals surface area contributed by atoms with Crippen molar-refractivity contribution >= 4 is 29.9 Å². The van der Waals surface area contributed by atoms with Crippen LogP contribution in [-0.2, 0) is 10.2 Å². The average molecular weight is 518 g/mol. The van der Waals surface area contributed by atoms with E-state index in [1.165, 1.54) is 25.5 Å². The second kappa shape index (κ2) is 12.1. The smallest absolute Gasteiger partial charge is 0.191 e. The third-order valence-corrected chi connectivity index (χ3v) is 6.18. The lowest BCUT2D eigenvalue weighted by molar-refractivity contribution is 0.0530. The van der Waals surface area contributed by atoms with Gasteiger partial charge in [-0.15, -0.1) is 24.0 Å². The molecule has 1 atom stereocenters. The number of hydrogen-bond acceptors (Lipinski definition) is 3. The number of hydrogen-bond donors (Lipinski definition) is 2. The molecule has 5 nitrogen and oxygen atoms in total. The van der Waals surface area contributed by atoms with Gasteiger partial charge in [0.15, 0.2) is 5.96 Å². The summed E-state index contributed by atoms with van der Waals surface area (Å²) in [5.74, 6) is 0.672. The molecule has 3 rings (SSSR count). The zero-order valence-electron chi connectivity index (χ0n) is 17.8. The van der Waals surface area contributed by atoms with Gasteiger partial charge in [0.25, 0.3) is 0 Å². The average Bonchev–Trinajstić information content (AvgIpc) is 3.18. The SMILES string of the molecule is CCNC(=NCC1(c2cccc(F)c2)CCOCC1)NCC1CCCN1CC.I. The Morgan fingerprint density at radius 1 is 1.28 bits per heavy atom. The molecular weight excluding hydrogens is 482 g/mol. The number of benzene rings is 1. The predicted octanol–water partition coefficient (Wildman–Crippen LogP) is 3.53. The van der Waals surface area contributed by atoms with Gasteiger partial charge in [-0.25, -0.2) is 4.39 Å². The van der Waals surface area contributed by atoms with Gasteiger partial charge in [0.05, 0.1) is 6.54 Å². The monoisotopic (exact) mass is 518 g/mol. The lowest BCUT2D eigenvalue weighted by Crippen LogP contribution is -2.46. The normalized spacial score (nSPS) is 22.2. The van der Waals surface area contributed by atoms with Crippen LogP contribution >= 0.6 is 24.0 Å². The Bertz CT molecular complexity index is 651. The van der Waals surface area contributed by atoms with Crippen LogP contribution in [0.25, 0.3) is 0 Å². The Hall–Kier alpha value is -0.930. The predicted molar refractivity (Wildman–Crippen MR) is 128 cm³/mol. The van der Waals surface area contributed by atoms with Crippen molar-refractivity contribution in [3.05, 3.63) is 35.6 Å². The van der Waals surface area contributed by atoms with Crippen LogP contribution in [-0.4, -0.2) is 62.8 Å². The van der Waals surface area contributed by atoms with Gasteiger partial charge < -0.3 is 15.4 Å². The third-order valence-electron chi connectivity index (χ3n) is 6.18. The fraction of sp³-hybridized carbons (Fsp3) is 0.682. The molecule has 7 heteroatoms. The number of nitrogens with zero attached hydrogens (tertiary/aromatic N) is 2. The van der Waals surface area contributed by atoms with Gasteiger partial charge in [0.2, 0.25) is 0 Å². The highest BCUT2D eigenvalue weighted by molar-refractivity contribution is 14.0. The maximum absolute atomic E-state index is 13.9. The van der Waals surface area contributed by atoms with Gasteiger partial charge in [-0.2, -0.15) is 0 Å². The van der Waals surface area contributed by atoms with Crippen LogP contribution < -0.4 is 10.6 Å². The Morgan fingerprint density at radius 2 is 2.07 bits per heavy atom. The van der Waals surface area contributed by atoms with Gasteiger partial charge in [0, 0.05) is 37.8 Å². The number of guanidine groups is 1. The molecule has 1 aromatic carbocycles. The Balaban J connectivity index is 0.00000300. The minimum absolute atomic E-state index is 0. The fourth-order valence-corrected chi connectivity index (χ4v) is 4.45. The number of nitrogens with one attached hydrogen (secondary N) is 2. The molecule has 2 N–H and O–H groups in total. The standard InChI is InChI=1S/C22H35FN4O.HI/c1-3-24-21(25-16-20-9-6-12-27(20)4-2)26-17-22(10-13-28-14-11-22)18-7-5-8-19(23)15-18;/h5,7-8,15,20H,3-4,6,9-14,16-17H2,1-2H3,(H2,24,25,26);1H. The lowest BCUT2D eigenvalue weighted by atomic mass is 9.74. The summed E-state index contributed by atoms with van der Waals surface area (Å²) in [5.41, 5.74) is 0.870. The molecule has 2 fully saturated rings. The molecule has 2 heterocycles. The first kappa shape index (κ1) is 24.3. The van der Waals surface area contributed by atoms with Crippen molar-refractivity contribution in [2.45, 2.75) is 51.0 Å². The number of ether oxygens (including phenoxy) is 1. The molecule has 1 aromatic rings. The highest BCUT2D eigenvalue weighted by Crippen LogP contribution is 2.35. The van der Waals surface area contributed by atoms with E-state index >= 15 is 0 Å². The van der Waals surface area contributed by atoms with Crippen LogP contribution in [0.4, 0.5) is 4.39 Å². The number of halogens is 2. The molecule has 0 amide bonds. The molecule has 2 aliphatic rings. The van der Waals surface area contributed by atoms with E-state index in [-0.39, 0.29) is 35.2 Å². The third kappa shape index (κ3) is 6.52. The largest absolute Gasteiger partial charge is 0.381 e. The van der Waals surface area contributed by atoms with E-state index in [0.29, 0.717) is 25.8 Å². The molecule has 29 heavy (non-hydrogen) atoms. The molecule has 0 radical (unpaired) electrons. The summed E-state index contributed by atoms with van der Waals surface area (Å²) in [6, 6.07) is 7.58. The number of likely N-dealkylation sites (tertiary alicyclic amines) is 1. The molecule has 0 spiro atoms.